The molecule has 6 heteroatoms. The van der Waals surface area contributed by atoms with E-state index in [4.69, 9.17) is 0 Å². The van der Waals surface area contributed by atoms with Gasteiger partial charge >= 0.3 is 0 Å². The summed E-state index contributed by atoms with van der Waals surface area (Å²) in [5, 5.41) is 13.6. The Hall–Kier alpha value is -3.02. The highest BCUT2D eigenvalue weighted by atomic mass is 15.6. The summed E-state index contributed by atoms with van der Waals surface area (Å²) in [5.41, 5.74) is 2.61. The van der Waals surface area contributed by atoms with Gasteiger partial charge < -0.3 is 4.98 Å². The number of fused-ring (bicyclic) bond motifs is 1. The first-order chi connectivity index (χ1) is 9.90. The van der Waals surface area contributed by atoms with Gasteiger partial charge in [0.1, 0.15) is 5.69 Å². The fraction of sp³-hybridized carbons (Fsp3) is 0. The average molecular weight is 262 g/mol. The Kier molecular flexibility index (Phi) is 2.32. The Morgan fingerprint density at radius 1 is 1.05 bits per heavy atom. The van der Waals surface area contributed by atoms with Crippen LogP contribution in [0.2, 0.25) is 0 Å². The van der Waals surface area contributed by atoms with Crippen molar-refractivity contribution in [3.63, 3.8) is 0 Å². The third-order valence-corrected chi connectivity index (χ3v) is 3.08. The lowest BCUT2D eigenvalue weighted by Crippen LogP contribution is -1.98. The van der Waals surface area contributed by atoms with Gasteiger partial charge in [-0.2, -0.15) is 0 Å². The smallest absolute Gasteiger partial charge is 0.223 e. The number of hydrogen-bond acceptors (Lipinski definition) is 4. The minimum absolute atomic E-state index is 0.511. The fourth-order valence-corrected chi connectivity index (χ4v) is 2.08. The molecule has 4 aromatic rings. The molecule has 0 aliphatic carbocycles. The normalized spacial score (nSPS) is 11.0. The Morgan fingerprint density at radius 3 is 2.95 bits per heavy atom. The molecule has 96 valence electrons. The Balaban J connectivity index is 1.77. The summed E-state index contributed by atoms with van der Waals surface area (Å²) in [5.74, 6) is 0.511. The second kappa shape index (κ2) is 4.27. The number of benzene rings is 1. The maximum absolute atomic E-state index is 4.36. The van der Waals surface area contributed by atoms with Crippen molar-refractivity contribution in [3.05, 3.63) is 54.9 Å². The predicted octanol–water partition coefficient (Wildman–Crippen LogP) is 2.21. The molecule has 0 saturated carbocycles. The summed E-state index contributed by atoms with van der Waals surface area (Å²) in [6.45, 7) is 0. The second-order valence-corrected chi connectivity index (χ2v) is 4.37. The molecule has 6 nitrogen and oxygen atoms in total. The summed E-state index contributed by atoms with van der Waals surface area (Å²) in [6.07, 6.45) is 3.61. The molecule has 0 spiro atoms. The molecule has 0 aliphatic heterocycles. The van der Waals surface area contributed by atoms with Gasteiger partial charge in [-0.3, -0.25) is 4.98 Å². The largest absolute Gasteiger partial charge is 0.361 e. The second-order valence-electron chi connectivity index (χ2n) is 4.37. The van der Waals surface area contributed by atoms with Crippen LogP contribution < -0.4 is 0 Å². The molecule has 0 atom stereocenters. The molecule has 0 radical (unpaired) electrons. The van der Waals surface area contributed by atoms with Crippen LogP contribution in [-0.4, -0.2) is 30.2 Å². The first kappa shape index (κ1) is 10.9. The summed E-state index contributed by atoms with van der Waals surface area (Å²) in [6, 6.07) is 13.6. The van der Waals surface area contributed by atoms with Crippen molar-refractivity contribution in [3.8, 4) is 17.2 Å². The third kappa shape index (κ3) is 1.74. The van der Waals surface area contributed by atoms with E-state index >= 15 is 0 Å². The highest BCUT2D eigenvalue weighted by molar-refractivity contribution is 5.81. The van der Waals surface area contributed by atoms with Crippen molar-refractivity contribution in [2.75, 3.05) is 0 Å². The molecule has 3 heterocycles. The Bertz CT molecular complexity index is 861. The topological polar surface area (TPSA) is 72.3 Å². The van der Waals surface area contributed by atoms with Crippen molar-refractivity contribution in [1.29, 1.82) is 0 Å². The van der Waals surface area contributed by atoms with E-state index < -0.39 is 0 Å². The first-order valence-corrected chi connectivity index (χ1v) is 6.19. The molecule has 0 saturated heterocycles. The minimum atomic E-state index is 0.511. The highest BCUT2D eigenvalue weighted by Crippen LogP contribution is 2.17. The lowest BCUT2D eigenvalue weighted by atomic mass is 10.2. The van der Waals surface area contributed by atoms with Crippen LogP contribution in [0.4, 0.5) is 0 Å². The van der Waals surface area contributed by atoms with Crippen LogP contribution in [0.1, 0.15) is 0 Å². The quantitative estimate of drug-likeness (QED) is 0.601. The number of H-pyrrole nitrogens is 1. The van der Waals surface area contributed by atoms with Gasteiger partial charge in [0.25, 0.3) is 0 Å². The van der Waals surface area contributed by atoms with E-state index in [1.807, 2.05) is 48.7 Å². The van der Waals surface area contributed by atoms with E-state index in [1.165, 1.54) is 4.80 Å². The molecule has 20 heavy (non-hydrogen) atoms. The lowest BCUT2D eigenvalue weighted by Gasteiger charge is -1.98. The van der Waals surface area contributed by atoms with Crippen molar-refractivity contribution in [2.45, 2.75) is 0 Å². The number of nitrogens with one attached hydrogen (secondary N) is 1. The van der Waals surface area contributed by atoms with Crippen molar-refractivity contribution < 1.29 is 0 Å². The summed E-state index contributed by atoms with van der Waals surface area (Å²) in [4.78, 5) is 8.88. The van der Waals surface area contributed by atoms with Crippen LogP contribution in [0.5, 0.6) is 0 Å². The Labute approximate surface area is 114 Å². The molecular weight excluding hydrogens is 252 g/mol. The zero-order valence-corrected chi connectivity index (χ0v) is 10.4. The zero-order chi connectivity index (χ0) is 13.4. The van der Waals surface area contributed by atoms with E-state index in [0.717, 1.165) is 16.6 Å². The number of rotatable bonds is 2. The van der Waals surface area contributed by atoms with Crippen LogP contribution in [0.15, 0.2) is 54.9 Å². The minimum Gasteiger partial charge on any atom is -0.361 e. The number of nitrogens with zero attached hydrogens (tertiary/aromatic N) is 5. The molecule has 4 rings (SSSR count). The standard InChI is InChI=1S/C14H10N6/c1-2-7-15-12(3-1)14-17-19-20(18-14)11-5-4-10-6-8-16-13(10)9-11/h1-9,16H. The molecule has 1 N–H and O–H groups in total. The summed E-state index contributed by atoms with van der Waals surface area (Å²) < 4.78 is 0. The van der Waals surface area contributed by atoms with E-state index in [2.05, 4.69) is 25.4 Å². The van der Waals surface area contributed by atoms with Gasteiger partial charge in [0.05, 0.1) is 5.69 Å². The Morgan fingerprint density at radius 2 is 2.05 bits per heavy atom. The molecule has 0 amide bonds. The van der Waals surface area contributed by atoms with Gasteiger partial charge in [0, 0.05) is 17.9 Å². The SMILES string of the molecule is c1ccc(-c2nnn(-c3ccc4cc[nH]c4c3)n2)nc1. The van der Waals surface area contributed by atoms with Gasteiger partial charge in [0.15, 0.2) is 0 Å². The maximum Gasteiger partial charge on any atom is 0.223 e. The molecule has 3 aromatic heterocycles. The van der Waals surface area contributed by atoms with Crippen LogP contribution >= 0.6 is 0 Å². The van der Waals surface area contributed by atoms with E-state index in [9.17, 15) is 0 Å². The maximum atomic E-state index is 4.36. The number of pyridine rings is 1. The zero-order valence-electron chi connectivity index (χ0n) is 10.4. The third-order valence-electron chi connectivity index (χ3n) is 3.08. The number of aromatic nitrogens is 6. The first-order valence-electron chi connectivity index (χ1n) is 6.19. The van der Waals surface area contributed by atoms with Crippen molar-refractivity contribution in [1.82, 2.24) is 30.2 Å². The molecule has 0 unspecified atom stereocenters. The van der Waals surface area contributed by atoms with E-state index in [-0.39, 0.29) is 0 Å². The van der Waals surface area contributed by atoms with E-state index in [1.54, 1.807) is 6.20 Å². The molecular formula is C14H10N6. The number of aromatic amines is 1. The van der Waals surface area contributed by atoms with Crippen molar-refractivity contribution >= 4 is 10.9 Å². The van der Waals surface area contributed by atoms with E-state index in [0.29, 0.717) is 11.5 Å². The number of hydrogen-bond donors (Lipinski definition) is 1. The van der Waals surface area contributed by atoms with Gasteiger partial charge in [-0.25, -0.2) is 0 Å². The molecule has 0 fully saturated rings. The van der Waals surface area contributed by atoms with Crippen LogP contribution in [-0.2, 0) is 0 Å². The van der Waals surface area contributed by atoms with Crippen LogP contribution in [0, 0.1) is 0 Å². The van der Waals surface area contributed by atoms with Crippen LogP contribution in [0.25, 0.3) is 28.1 Å². The van der Waals surface area contributed by atoms with Gasteiger partial charge in [0.2, 0.25) is 5.82 Å². The predicted molar refractivity (Wildman–Crippen MR) is 74.2 cm³/mol. The molecule has 0 aliphatic rings. The lowest BCUT2D eigenvalue weighted by molar-refractivity contribution is 0.720. The number of tetrazole rings is 1. The van der Waals surface area contributed by atoms with Crippen molar-refractivity contribution in [2.24, 2.45) is 0 Å². The average Bonchev–Trinajstić information content (AvgIpc) is 3.16. The summed E-state index contributed by atoms with van der Waals surface area (Å²) >= 11 is 0. The van der Waals surface area contributed by atoms with Gasteiger partial charge in [-0.05, 0) is 40.9 Å². The summed E-state index contributed by atoms with van der Waals surface area (Å²) in [7, 11) is 0. The molecule has 1 aromatic carbocycles. The fourth-order valence-electron chi connectivity index (χ4n) is 2.08. The monoisotopic (exact) mass is 262 g/mol. The molecule has 0 bridgehead atoms. The highest BCUT2D eigenvalue weighted by Gasteiger charge is 2.08. The van der Waals surface area contributed by atoms with Gasteiger partial charge in [-0.1, -0.05) is 12.1 Å². The van der Waals surface area contributed by atoms with Gasteiger partial charge in [-0.15, -0.1) is 15.0 Å². The van der Waals surface area contributed by atoms with Crippen LogP contribution in [0.3, 0.4) is 0 Å².